The number of H-pyrrole nitrogens is 1. The fraction of sp³-hybridized carbons (Fsp3) is 0.381. The van der Waals surface area contributed by atoms with E-state index >= 15 is 0 Å². The van der Waals surface area contributed by atoms with Crippen molar-refractivity contribution in [2.75, 3.05) is 11.9 Å². The van der Waals surface area contributed by atoms with Crippen molar-refractivity contribution in [3.8, 4) is 0 Å². The van der Waals surface area contributed by atoms with Gasteiger partial charge in [0.1, 0.15) is 5.69 Å². The van der Waals surface area contributed by atoms with E-state index in [9.17, 15) is 14.4 Å². The number of nitrogens with zero attached hydrogens (tertiary/aromatic N) is 1. The van der Waals surface area contributed by atoms with E-state index in [1.54, 1.807) is 24.0 Å². The Kier molecular flexibility index (Phi) is 4.45. The van der Waals surface area contributed by atoms with Crippen LogP contribution in [0.4, 0.5) is 5.69 Å². The summed E-state index contributed by atoms with van der Waals surface area (Å²) in [5, 5.41) is 5.84. The topological polar surface area (TPSA) is 94.3 Å². The summed E-state index contributed by atoms with van der Waals surface area (Å²) in [6.45, 7) is 6.73. The minimum Gasteiger partial charge on any atom is -0.352 e. The molecule has 2 aromatic rings. The van der Waals surface area contributed by atoms with Gasteiger partial charge in [0.05, 0.1) is 12.1 Å². The number of anilines is 1. The highest BCUT2D eigenvalue weighted by Gasteiger charge is 2.33. The van der Waals surface area contributed by atoms with Gasteiger partial charge in [-0.25, -0.2) is 0 Å². The normalized spacial score (nSPS) is 15.5. The lowest BCUT2D eigenvalue weighted by atomic mass is 10.1. The summed E-state index contributed by atoms with van der Waals surface area (Å²) in [5.74, 6) is -0.482. The molecule has 1 aliphatic carbocycles. The average Bonchev–Trinajstić information content (AvgIpc) is 3.33. The molecule has 0 saturated heterocycles. The van der Waals surface area contributed by atoms with Gasteiger partial charge in [0, 0.05) is 29.5 Å². The number of benzene rings is 1. The van der Waals surface area contributed by atoms with Crippen LogP contribution in [0.5, 0.6) is 0 Å². The van der Waals surface area contributed by atoms with E-state index in [2.05, 4.69) is 15.6 Å². The van der Waals surface area contributed by atoms with Crippen LogP contribution >= 0.6 is 0 Å². The van der Waals surface area contributed by atoms with Crippen LogP contribution in [0.1, 0.15) is 67.8 Å². The molecule has 1 aliphatic heterocycles. The number of carbonyl (C=O) groups is 3. The van der Waals surface area contributed by atoms with Crippen molar-refractivity contribution in [3.63, 3.8) is 0 Å². The van der Waals surface area contributed by atoms with Crippen molar-refractivity contribution in [1.29, 1.82) is 0 Å². The molecule has 1 saturated carbocycles. The summed E-state index contributed by atoms with van der Waals surface area (Å²) in [6, 6.07) is 5.55. The second-order valence-corrected chi connectivity index (χ2v) is 7.53. The molecule has 2 heterocycles. The van der Waals surface area contributed by atoms with Crippen LogP contribution in [-0.4, -0.2) is 40.2 Å². The van der Waals surface area contributed by atoms with E-state index in [4.69, 9.17) is 0 Å². The number of amides is 3. The standard InChI is InChI=1S/C21H24N4O3/c1-4-25-10-16-17(21(25)28)12(3)18(23-16)20(27)24-15-9-13(6-5-11(15)2)19(26)22-14-7-8-14/h5-6,9,14,23H,4,7-8,10H2,1-3H3,(H,22,26)(H,24,27). The molecule has 1 aromatic carbocycles. The predicted octanol–water partition coefficient (Wildman–Crippen LogP) is 2.75. The molecule has 0 radical (unpaired) electrons. The lowest BCUT2D eigenvalue weighted by molar-refractivity contribution is 0.0785. The van der Waals surface area contributed by atoms with Crippen LogP contribution in [0.2, 0.25) is 0 Å². The number of aryl methyl sites for hydroxylation is 1. The van der Waals surface area contributed by atoms with Crippen LogP contribution in [0, 0.1) is 13.8 Å². The van der Waals surface area contributed by atoms with Gasteiger partial charge in [0.25, 0.3) is 17.7 Å². The molecule has 28 heavy (non-hydrogen) atoms. The number of carbonyl (C=O) groups excluding carboxylic acids is 3. The van der Waals surface area contributed by atoms with Crippen molar-refractivity contribution >= 4 is 23.4 Å². The van der Waals surface area contributed by atoms with Gasteiger partial charge < -0.3 is 20.5 Å². The third-order valence-electron chi connectivity index (χ3n) is 5.45. The van der Waals surface area contributed by atoms with E-state index in [-0.39, 0.29) is 23.8 Å². The zero-order valence-electron chi connectivity index (χ0n) is 16.3. The van der Waals surface area contributed by atoms with Crippen molar-refractivity contribution in [1.82, 2.24) is 15.2 Å². The van der Waals surface area contributed by atoms with Crippen LogP contribution < -0.4 is 10.6 Å². The summed E-state index contributed by atoms with van der Waals surface area (Å²) in [5.41, 5.74) is 4.40. The fourth-order valence-electron chi connectivity index (χ4n) is 3.55. The number of fused-ring (bicyclic) bond motifs is 1. The van der Waals surface area contributed by atoms with Gasteiger partial charge in [-0.1, -0.05) is 6.07 Å². The highest BCUT2D eigenvalue weighted by molar-refractivity contribution is 6.09. The van der Waals surface area contributed by atoms with Gasteiger partial charge in [0.2, 0.25) is 0 Å². The number of aromatic nitrogens is 1. The molecule has 0 spiro atoms. The van der Waals surface area contributed by atoms with E-state index in [1.165, 1.54) is 0 Å². The fourth-order valence-corrected chi connectivity index (χ4v) is 3.55. The Morgan fingerprint density at radius 2 is 1.96 bits per heavy atom. The highest BCUT2D eigenvalue weighted by atomic mass is 16.2. The van der Waals surface area contributed by atoms with Crippen molar-refractivity contribution in [3.05, 3.63) is 51.8 Å². The first-order valence-corrected chi connectivity index (χ1v) is 9.62. The molecule has 0 unspecified atom stereocenters. The second-order valence-electron chi connectivity index (χ2n) is 7.53. The van der Waals surface area contributed by atoms with Gasteiger partial charge in [0.15, 0.2) is 0 Å². The maximum Gasteiger partial charge on any atom is 0.272 e. The summed E-state index contributed by atoms with van der Waals surface area (Å²) in [7, 11) is 0. The van der Waals surface area contributed by atoms with Gasteiger partial charge in [-0.3, -0.25) is 14.4 Å². The molecule has 2 aliphatic rings. The van der Waals surface area contributed by atoms with Crippen molar-refractivity contribution in [2.45, 2.75) is 46.2 Å². The lowest BCUT2D eigenvalue weighted by Gasteiger charge is -2.14. The number of rotatable bonds is 5. The zero-order chi connectivity index (χ0) is 20.0. The quantitative estimate of drug-likeness (QED) is 0.744. The van der Waals surface area contributed by atoms with E-state index in [0.29, 0.717) is 41.2 Å². The third kappa shape index (κ3) is 3.17. The molecule has 3 N–H and O–H groups in total. The van der Waals surface area contributed by atoms with Crippen LogP contribution in [0.15, 0.2) is 18.2 Å². The minimum absolute atomic E-state index is 0.0415. The zero-order valence-corrected chi connectivity index (χ0v) is 16.3. The number of nitrogens with one attached hydrogen (secondary N) is 3. The van der Waals surface area contributed by atoms with Gasteiger partial charge in [-0.15, -0.1) is 0 Å². The first kappa shape index (κ1) is 18.3. The first-order chi connectivity index (χ1) is 13.4. The SMILES string of the molecule is CCN1Cc2[nH]c(C(=O)Nc3cc(C(=O)NC4CC4)ccc3C)c(C)c2C1=O. The summed E-state index contributed by atoms with van der Waals surface area (Å²) in [4.78, 5) is 42.4. The second kappa shape index (κ2) is 6.82. The molecule has 4 rings (SSSR count). The van der Waals surface area contributed by atoms with E-state index in [1.807, 2.05) is 19.9 Å². The van der Waals surface area contributed by atoms with Crippen LogP contribution in [-0.2, 0) is 6.54 Å². The maximum absolute atomic E-state index is 12.9. The number of hydrogen-bond acceptors (Lipinski definition) is 3. The van der Waals surface area contributed by atoms with Gasteiger partial charge in [-0.05, 0) is 56.9 Å². The van der Waals surface area contributed by atoms with Crippen molar-refractivity contribution in [2.24, 2.45) is 0 Å². The Morgan fingerprint density at radius 1 is 1.21 bits per heavy atom. The number of hydrogen-bond donors (Lipinski definition) is 3. The Balaban J connectivity index is 1.55. The predicted molar refractivity (Wildman–Crippen MR) is 106 cm³/mol. The maximum atomic E-state index is 12.9. The minimum atomic E-state index is -0.314. The molecular weight excluding hydrogens is 356 g/mol. The van der Waals surface area contributed by atoms with Crippen LogP contribution in [0.25, 0.3) is 0 Å². The molecule has 1 aromatic heterocycles. The molecule has 7 heteroatoms. The largest absolute Gasteiger partial charge is 0.352 e. The van der Waals surface area contributed by atoms with Crippen LogP contribution in [0.3, 0.4) is 0 Å². The Hall–Kier alpha value is -3.09. The first-order valence-electron chi connectivity index (χ1n) is 9.62. The molecule has 3 amide bonds. The third-order valence-corrected chi connectivity index (χ3v) is 5.45. The molecular formula is C21H24N4O3. The Labute approximate surface area is 163 Å². The Morgan fingerprint density at radius 3 is 2.61 bits per heavy atom. The Bertz CT molecular complexity index is 988. The molecule has 146 valence electrons. The van der Waals surface area contributed by atoms with Gasteiger partial charge in [-0.2, -0.15) is 0 Å². The number of aromatic amines is 1. The highest BCUT2D eigenvalue weighted by Crippen LogP contribution is 2.28. The molecule has 1 fully saturated rings. The summed E-state index contributed by atoms with van der Waals surface area (Å²) < 4.78 is 0. The van der Waals surface area contributed by atoms with Gasteiger partial charge >= 0.3 is 0 Å². The average molecular weight is 380 g/mol. The summed E-state index contributed by atoms with van der Waals surface area (Å²) in [6.07, 6.45) is 2.04. The lowest BCUT2D eigenvalue weighted by Crippen LogP contribution is -2.26. The van der Waals surface area contributed by atoms with Crippen molar-refractivity contribution < 1.29 is 14.4 Å². The molecule has 0 atom stereocenters. The van der Waals surface area contributed by atoms with E-state index < -0.39 is 0 Å². The molecule has 7 nitrogen and oxygen atoms in total. The monoisotopic (exact) mass is 380 g/mol. The molecule has 0 bridgehead atoms. The van der Waals surface area contributed by atoms with E-state index in [0.717, 1.165) is 24.1 Å². The smallest absolute Gasteiger partial charge is 0.272 e. The summed E-state index contributed by atoms with van der Waals surface area (Å²) >= 11 is 0.